The van der Waals surface area contributed by atoms with Crippen LogP contribution in [0.5, 0.6) is 0 Å². The van der Waals surface area contributed by atoms with Crippen molar-refractivity contribution in [2.45, 2.75) is 26.2 Å². The maximum absolute atomic E-state index is 12.4. The van der Waals surface area contributed by atoms with Crippen LogP contribution in [0.2, 0.25) is 0 Å². The average molecular weight is 440 g/mol. The second-order valence-corrected chi connectivity index (χ2v) is 8.91. The number of morpholine rings is 1. The molecule has 5 rings (SSSR count). The summed E-state index contributed by atoms with van der Waals surface area (Å²) >= 11 is 0. The van der Waals surface area contributed by atoms with E-state index in [9.17, 15) is 10.1 Å². The maximum Gasteiger partial charge on any atom is 0.244 e. The van der Waals surface area contributed by atoms with Crippen molar-refractivity contribution in [2.24, 2.45) is 0 Å². The lowest BCUT2D eigenvalue weighted by atomic mass is 9.86. The number of hydrogen-bond donors (Lipinski definition) is 0. The molecule has 7 nitrogen and oxygen atoms in total. The number of aromatic nitrogens is 3. The highest BCUT2D eigenvalue weighted by molar-refractivity contribution is 6.13. The number of nitrogens with zero attached hydrogens (tertiary/aromatic N) is 5. The van der Waals surface area contributed by atoms with Gasteiger partial charge in [-0.05, 0) is 37.6 Å². The molecule has 2 aromatic carbocycles. The van der Waals surface area contributed by atoms with Crippen LogP contribution in [0.1, 0.15) is 31.1 Å². The SMILES string of the molecule is CC(=O)n1nc(-c2ccc(C(C)(C)C#N)cc2)c2c3cc(N4CCOCC4)ccc3ncc21. The highest BCUT2D eigenvalue weighted by atomic mass is 16.5. The Morgan fingerprint density at radius 3 is 2.52 bits per heavy atom. The second-order valence-electron chi connectivity index (χ2n) is 8.91. The van der Waals surface area contributed by atoms with Gasteiger partial charge in [0.25, 0.3) is 0 Å². The first-order valence-corrected chi connectivity index (χ1v) is 11.1. The van der Waals surface area contributed by atoms with E-state index < -0.39 is 5.41 Å². The number of nitriles is 1. The lowest BCUT2D eigenvalue weighted by molar-refractivity contribution is 0.0927. The van der Waals surface area contributed by atoms with E-state index >= 15 is 0 Å². The van der Waals surface area contributed by atoms with Crippen molar-refractivity contribution in [3.8, 4) is 17.3 Å². The van der Waals surface area contributed by atoms with Crippen molar-refractivity contribution < 1.29 is 9.53 Å². The number of anilines is 1. The van der Waals surface area contributed by atoms with Crippen LogP contribution >= 0.6 is 0 Å². The molecule has 7 heteroatoms. The summed E-state index contributed by atoms with van der Waals surface area (Å²) in [5.74, 6) is -0.168. The van der Waals surface area contributed by atoms with Crippen LogP contribution in [0, 0.1) is 11.3 Å². The second kappa shape index (κ2) is 7.98. The number of carbonyl (C=O) groups is 1. The van der Waals surface area contributed by atoms with Crippen LogP contribution in [-0.2, 0) is 10.2 Å². The van der Waals surface area contributed by atoms with Crippen LogP contribution < -0.4 is 4.90 Å². The summed E-state index contributed by atoms with van der Waals surface area (Å²) in [6.45, 7) is 8.39. The van der Waals surface area contributed by atoms with Gasteiger partial charge in [0, 0.05) is 42.0 Å². The Morgan fingerprint density at radius 1 is 1.12 bits per heavy atom. The molecule has 0 aliphatic carbocycles. The van der Waals surface area contributed by atoms with Crippen LogP contribution in [0.4, 0.5) is 5.69 Å². The Bertz CT molecular complexity index is 1410. The van der Waals surface area contributed by atoms with Crippen LogP contribution in [0.3, 0.4) is 0 Å². The number of pyridine rings is 1. The molecule has 0 saturated carbocycles. The maximum atomic E-state index is 12.4. The summed E-state index contributed by atoms with van der Waals surface area (Å²) in [6.07, 6.45) is 1.72. The van der Waals surface area contributed by atoms with E-state index in [-0.39, 0.29) is 5.91 Å². The van der Waals surface area contributed by atoms with Gasteiger partial charge >= 0.3 is 0 Å². The standard InChI is InChI=1S/C26H25N5O2/c1-17(32)31-23-15-28-22-9-8-20(30-10-12-33-13-11-30)14-21(22)24(23)25(29-31)18-4-6-19(7-5-18)26(2,3)16-27/h4-9,14-15H,10-13H2,1-3H3. The van der Waals surface area contributed by atoms with Crippen molar-refractivity contribution in [3.05, 3.63) is 54.2 Å². The molecular weight excluding hydrogens is 414 g/mol. The first-order valence-electron chi connectivity index (χ1n) is 11.1. The van der Waals surface area contributed by atoms with E-state index in [4.69, 9.17) is 9.84 Å². The molecule has 0 unspecified atom stereocenters. The van der Waals surface area contributed by atoms with Crippen molar-refractivity contribution in [1.29, 1.82) is 5.26 Å². The molecule has 0 N–H and O–H groups in total. The molecule has 1 aliphatic heterocycles. The third kappa shape index (κ3) is 3.62. The molecule has 0 amide bonds. The normalized spacial score (nSPS) is 14.5. The highest BCUT2D eigenvalue weighted by Gasteiger charge is 2.22. The van der Waals surface area contributed by atoms with Gasteiger partial charge in [0.15, 0.2) is 0 Å². The van der Waals surface area contributed by atoms with Gasteiger partial charge in [-0.25, -0.2) is 0 Å². The number of carbonyl (C=O) groups excluding carboxylic acids is 1. The van der Waals surface area contributed by atoms with Crippen molar-refractivity contribution in [1.82, 2.24) is 14.8 Å². The molecule has 0 atom stereocenters. The van der Waals surface area contributed by atoms with E-state index in [1.807, 2.05) is 44.2 Å². The number of fused-ring (bicyclic) bond motifs is 3. The molecule has 1 fully saturated rings. The minimum Gasteiger partial charge on any atom is -0.378 e. The fourth-order valence-corrected chi connectivity index (χ4v) is 4.35. The fraction of sp³-hybridized carbons (Fsp3) is 0.308. The molecule has 4 aromatic rings. The summed E-state index contributed by atoms with van der Waals surface area (Å²) in [4.78, 5) is 19.3. The van der Waals surface area contributed by atoms with Gasteiger partial charge in [-0.1, -0.05) is 24.3 Å². The molecule has 0 radical (unpaired) electrons. The first-order chi connectivity index (χ1) is 15.9. The smallest absolute Gasteiger partial charge is 0.244 e. The zero-order chi connectivity index (χ0) is 23.2. The molecule has 0 bridgehead atoms. The zero-order valence-corrected chi connectivity index (χ0v) is 19.0. The largest absolute Gasteiger partial charge is 0.378 e. The highest BCUT2D eigenvalue weighted by Crippen LogP contribution is 2.36. The van der Waals surface area contributed by atoms with Crippen LogP contribution in [0.25, 0.3) is 33.1 Å². The predicted molar refractivity (Wildman–Crippen MR) is 128 cm³/mol. The quantitative estimate of drug-likeness (QED) is 0.466. The minimum atomic E-state index is -0.580. The molecule has 3 heterocycles. The molecule has 0 spiro atoms. The van der Waals surface area contributed by atoms with Gasteiger partial charge in [-0.15, -0.1) is 0 Å². The number of rotatable bonds is 3. The summed E-state index contributed by atoms with van der Waals surface area (Å²) in [7, 11) is 0. The molecule has 1 aliphatic rings. The van der Waals surface area contributed by atoms with Gasteiger partial charge in [0.05, 0.1) is 41.9 Å². The van der Waals surface area contributed by atoms with Gasteiger partial charge in [0.1, 0.15) is 5.69 Å². The van der Waals surface area contributed by atoms with E-state index in [2.05, 4.69) is 28.1 Å². The molecule has 2 aromatic heterocycles. The Hall–Kier alpha value is -3.76. The lowest BCUT2D eigenvalue weighted by Crippen LogP contribution is -2.36. The Labute approximate surface area is 192 Å². The van der Waals surface area contributed by atoms with E-state index in [1.54, 1.807) is 6.20 Å². The Balaban J connectivity index is 1.73. The van der Waals surface area contributed by atoms with Crippen molar-refractivity contribution in [2.75, 3.05) is 31.2 Å². The molecule has 1 saturated heterocycles. The van der Waals surface area contributed by atoms with Gasteiger partial charge in [0.2, 0.25) is 5.91 Å². The van der Waals surface area contributed by atoms with Crippen molar-refractivity contribution >= 4 is 33.4 Å². The molecule has 166 valence electrons. The number of benzene rings is 2. The van der Waals surface area contributed by atoms with Crippen LogP contribution in [-0.4, -0.2) is 47.0 Å². The van der Waals surface area contributed by atoms with Crippen LogP contribution in [0.15, 0.2) is 48.7 Å². The summed E-state index contributed by atoms with van der Waals surface area (Å²) in [6, 6.07) is 16.4. The first kappa shape index (κ1) is 21.1. The average Bonchev–Trinajstić information content (AvgIpc) is 3.25. The van der Waals surface area contributed by atoms with Gasteiger partial charge in [-0.2, -0.15) is 15.0 Å². The number of ether oxygens (including phenoxy) is 1. The van der Waals surface area contributed by atoms with Gasteiger partial charge in [-0.3, -0.25) is 9.78 Å². The monoisotopic (exact) mass is 439 g/mol. The topological polar surface area (TPSA) is 84.0 Å². The third-order valence-corrected chi connectivity index (χ3v) is 6.33. The third-order valence-electron chi connectivity index (χ3n) is 6.33. The molecule has 33 heavy (non-hydrogen) atoms. The van der Waals surface area contributed by atoms with Crippen molar-refractivity contribution in [3.63, 3.8) is 0 Å². The minimum absolute atomic E-state index is 0.168. The lowest BCUT2D eigenvalue weighted by Gasteiger charge is -2.29. The van der Waals surface area contributed by atoms with E-state index in [1.165, 1.54) is 11.6 Å². The summed E-state index contributed by atoms with van der Waals surface area (Å²) in [5.41, 5.74) is 4.62. The predicted octanol–water partition coefficient (Wildman–Crippen LogP) is 4.55. The van der Waals surface area contributed by atoms with E-state index in [0.717, 1.165) is 51.9 Å². The van der Waals surface area contributed by atoms with Gasteiger partial charge < -0.3 is 9.64 Å². The zero-order valence-electron chi connectivity index (χ0n) is 19.0. The Kier molecular flexibility index (Phi) is 5.10. The Morgan fingerprint density at radius 2 is 1.85 bits per heavy atom. The fourth-order valence-electron chi connectivity index (χ4n) is 4.35. The summed E-state index contributed by atoms with van der Waals surface area (Å²) < 4.78 is 6.92. The summed E-state index contributed by atoms with van der Waals surface area (Å²) in [5, 5.41) is 16.0. The van der Waals surface area contributed by atoms with E-state index in [0.29, 0.717) is 18.7 Å². The molecular formula is C26H25N5O2. The number of hydrogen-bond acceptors (Lipinski definition) is 6.